The topological polar surface area (TPSA) is 38.3 Å². The van der Waals surface area contributed by atoms with Crippen molar-refractivity contribution < 1.29 is 9.53 Å². The van der Waals surface area contributed by atoms with Gasteiger partial charge in [-0.25, -0.2) is 0 Å². The highest BCUT2D eigenvalue weighted by molar-refractivity contribution is 5.69. The zero-order chi connectivity index (χ0) is 10.2. The summed E-state index contributed by atoms with van der Waals surface area (Å²) in [6.07, 6.45) is 4.94. The summed E-state index contributed by atoms with van der Waals surface area (Å²) in [4.78, 5) is 11.1. The van der Waals surface area contributed by atoms with Crippen LogP contribution in [0.2, 0.25) is 0 Å². The van der Waals surface area contributed by atoms with E-state index in [1.807, 2.05) is 6.92 Å². The monoisotopic (exact) mass is 199 g/mol. The van der Waals surface area contributed by atoms with Crippen molar-refractivity contribution in [1.29, 1.82) is 0 Å². The van der Waals surface area contributed by atoms with Gasteiger partial charge in [-0.3, -0.25) is 4.79 Å². The van der Waals surface area contributed by atoms with Gasteiger partial charge in [0.1, 0.15) is 0 Å². The number of carbonyl (C=O) groups is 1. The Balaban J connectivity index is 1.99. The van der Waals surface area contributed by atoms with Gasteiger partial charge in [0, 0.05) is 6.42 Å². The van der Waals surface area contributed by atoms with Crippen LogP contribution in [0.3, 0.4) is 0 Å². The number of piperidine rings is 1. The first-order valence-electron chi connectivity index (χ1n) is 5.69. The van der Waals surface area contributed by atoms with E-state index in [0.29, 0.717) is 13.0 Å². The van der Waals surface area contributed by atoms with E-state index >= 15 is 0 Å². The largest absolute Gasteiger partial charge is 0.466 e. The molecule has 1 N–H and O–H groups in total. The number of ether oxygens (including phenoxy) is 1. The SMILES string of the molecule is CCCC(=O)OCCC1CCNCC1. The lowest BCUT2D eigenvalue weighted by molar-refractivity contribution is -0.144. The van der Waals surface area contributed by atoms with Gasteiger partial charge in [-0.05, 0) is 44.7 Å². The Morgan fingerprint density at radius 1 is 1.43 bits per heavy atom. The number of carbonyl (C=O) groups excluding carboxylic acids is 1. The smallest absolute Gasteiger partial charge is 0.305 e. The predicted octanol–water partition coefficient (Wildman–Crippen LogP) is 1.72. The molecular formula is C11H21NO2. The maximum atomic E-state index is 11.1. The molecule has 1 aliphatic heterocycles. The van der Waals surface area contributed by atoms with E-state index in [4.69, 9.17) is 4.74 Å². The number of hydrogen-bond acceptors (Lipinski definition) is 3. The molecule has 0 atom stereocenters. The molecule has 0 aromatic heterocycles. The summed E-state index contributed by atoms with van der Waals surface area (Å²) in [5.41, 5.74) is 0. The molecule has 0 aliphatic carbocycles. The van der Waals surface area contributed by atoms with Crippen LogP contribution in [-0.2, 0) is 9.53 Å². The van der Waals surface area contributed by atoms with Gasteiger partial charge in [0.25, 0.3) is 0 Å². The summed E-state index contributed by atoms with van der Waals surface area (Å²) in [7, 11) is 0. The number of nitrogens with one attached hydrogen (secondary N) is 1. The quantitative estimate of drug-likeness (QED) is 0.685. The number of esters is 1. The highest BCUT2D eigenvalue weighted by Crippen LogP contribution is 2.15. The zero-order valence-electron chi connectivity index (χ0n) is 9.05. The van der Waals surface area contributed by atoms with E-state index in [9.17, 15) is 4.79 Å². The molecule has 1 fully saturated rings. The summed E-state index contributed by atoms with van der Waals surface area (Å²) in [6, 6.07) is 0. The normalized spacial score (nSPS) is 18.1. The fourth-order valence-corrected chi connectivity index (χ4v) is 1.79. The number of hydrogen-bond donors (Lipinski definition) is 1. The second-order valence-corrected chi connectivity index (χ2v) is 3.95. The van der Waals surface area contributed by atoms with Crippen molar-refractivity contribution in [3.63, 3.8) is 0 Å². The highest BCUT2D eigenvalue weighted by Gasteiger charge is 2.13. The van der Waals surface area contributed by atoms with Crippen LogP contribution < -0.4 is 5.32 Å². The fourth-order valence-electron chi connectivity index (χ4n) is 1.79. The second kappa shape index (κ2) is 6.82. The summed E-state index contributed by atoms with van der Waals surface area (Å²) >= 11 is 0. The average Bonchev–Trinajstić information content (AvgIpc) is 2.20. The Morgan fingerprint density at radius 3 is 2.79 bits per heavy atom. The van der Waals surface area contributed by atoms with Crippen LogP contribution >= 0.6 is 0 Å². The van der Waals surface area contributed by atoms with Crippen molar-refractivity contribution in [2.75, 3.05) is 19.7 Å². The van der Waals surface area contributed by atoms with Crippen molar-refractivity contribution in [2.45, 2.75) is 39.0 Å². The van der Waals surface area contributed by atoms with Crippen LogP contribution in [0.4, 0.5) is 0 Å². The van der Waals surface area contributed by atoms with Gasteiger partial charge in [0.05, 0.1) is 6.61 Å². The van der Waals surface area contributed by atoms with Crippen LogP contribution in [-0.4, -0.2) is 25.7 Å². The van der Waals surface area contributed by atoms with Gasteiger partial charge >= 0.3 is 5.97 Å². The molecule has 0 saturated carbocycles. The van der Waals surface area contributed by atoms with Gasteiger partial charge in [0.15, 0.2) is 0 Å². The molecule has 1 rings (SSSR count). The van der Waals surface area contributed by atoms with Gasteiger partial charge in [-0.1, -0.05) is 6.92 Å². The number of rotatable bonds is 5. The lowest BCUT2D eigenvalue weighted by atomic mass is 9.95. The second-order valence-electron chi connectivity index (χ2n) is 3.95. The summed E-state index contributed by atoms with van der Waals surface area (Å²) in [6.45, 7) is 4.85. The molecule has 0 unspecified atom stereocenters. The van der Waals surface area contributed by atoms with Crippen molar-refractivity contribution in [3.05, 3.63) is 0 Å². The van der Waals surface area contributed by atoms with Gasteiger partial charge in [0.2, 0.25) is 0 Å². The van der Waals surface area contributed by atoms with E-state index in [2.05, 4.69) is 5.32 Å². The van der Waals surface area contributed by atoms with Crippen LogP contribution in [0.25, 0.3) is 0 Å². The molecule has 1 saturated heterocycles. The van der Waals surface area contributed by atoms with Crippen molar-refractivity contribution in [1.82, 2.24) is 5.32 Å². The molecule has 3 heteroatoms. The Labute approximate surface area is 86.2 Å². The van der Waals surface area contributed by atoms with Crippen LogP contribution in [0.1, 0.15) is 39.0 Å². The van der Waals surface area contributed by atoms with Crippen LogP contribution in [0.15, 0.2) is 0 Å². The Hall–Kier alpha value is -0.570. The molecule has 3 nitrogen and oxygen atoms in total. The summed E-state index contributed by atoms with van der Waals surface area (Å²) < 4.78 is 5.13. The minimum Gasteiger partial charge on any atom is -0.466 e. The Kier molecular flexibility index (Phi) is 5.60. The molecule has 0 spiro atoms. The van der Waals surface area contributed by atoms with E-state index < -0.39 is 0 Å². The van der Waals surface area contributed by atoms with E-state index in [0.717, 1.165) is 31.8 Å². The standard InChI is InChI=1S/C11H21NO2/c1-2-3-11(13)14-9-6-10-4-7-12-8-5-10/h10,12H,2-9H2,1H3. The first-order valence-corrected chi connectivity index (χ1v) is 5.69. The lowest BCUT2D eigenvalue weighted by Gasteiger charge is -2.22. The molecule has 0 radical (unpaired) electrons. The third kappa shape index (κ3) is 4.61. The zero-order valence-corrected chi connectivity index (χ0v) is 9.05. The molecule has 1 aliphatic rings. The highest BCUT2D eigenvalue weighted by atomic mass is 16.5. The molecule has 1 heterocycles. The fraction of sp³-hybridized carbons (Fsp3) is 0.909. The van der Waals surface area contributed by atoms with Gasteiger partial charge < -0.3 is 10.1 Å². The molecule has 14 heavy (non-hydrogen) atoms. The maximum absolute atomic E-state index is 11.1. The van der Waals surface area contributed by atoms with E-state index in [-0.39, 0.29) is 5.97 Å². The van der Waals surface area contributed by atoms with Crippen LogP contribution in [0, 0.1) is 5.92 Å². The molecule has 0 aromatic rings. The van der Waals surface area contributed by atoms with Crippen molar-refractivity contribution in [2.24, 2.45) is 5.92 Å². The molecule has 0 aromatic carbocycles. The average molecular weight is 199 g/mol. The molecular weight excluding hydrogens is 178 g/mol. The first kappa shape index (κ1) is 11.5. The van der Waals surface area contributed by atoms with Crippen molar-refractivity contribution >= 4 is 5.97 Å². The maximum Gasteiger partial charge on any atom is 0.305 e. The summed E-state index contributed by atoms with van der Waals surface area (Å²) in [5.74, 6) is 0.715. The van der Waals surface area contributed by atoms with Crippen LogP contribution in [0.5, 0.6) is 0 Å². The predicted molar refractivity (Wildman–Crippen MR) is 56.1 cm³/mol. The van der Waals surface area contributed by atoms with Gasteiger partial charge in [-0.15, -0.1) is 0 Å². The lowest BCUT2D eigenvalue weighted by Crippen LogP contribution is -2.28. The van der Waals surface area contributed by atoms with Crippen molar-refractivity contribution in [3.8, 4) is 0 Å². The molecule has 82 valence electrons. The first-order chi connectivity index (χ1) is 6.83. The Morgan fingerprint density at radius 2 is 2.14 bits per heavy atom. The molecule has 0 amide bonds. The Bertz CT molecular complexity index is 165. The van der Waals surface area contributed by atoms with E-state index in [1.54, 1.807) is 0 Å². The van der Waals surface area contributed by atoms with Gasteiger partial charge in [-0.2, -0.15) is 0 Å². The minimum absolute atomic E-state index is 0.0403. The van der Waals surface area contributed by atoms with E-state index in [1.165, 1.54) is 12.8 Å². The third-order valence-corrected chi connectivity index (χ3v) is 2.70. The minimum atomic E-state index is -0.0403. The molecule has 0 bridgehead atoms. The third-order valence-electron chi connectivity index (χ3n) is 2.70. The summed E-state index contributed by atoms with van der Waals surface area (Å²) in [5, 5.41) is 3.33.